The number of fused-ring (bicyclic) bond motifs is 1. The molecular weight excluding hydrogens is 430 g/mol. The van der Waals surface area contributed by atoms with Gasteiger partial charge in [-0.3, -0.25) is 0 Å². The average Bonchev–Trinajstić information content (AvgIpc) is 3.47. The molecule has 3 heterocycles. The number of benzene rings is 2. The third-order valence-corrected chi connectivity index (χ3v) is 5.60. The maximum Gasteiger partial charge on any atom is 0.225 e. The lowest BCUT2D eigenvalue weighted by Gasteiger charge is -2.12. The Hall–Kier alpha value is -3.79. The molecule has 4 aromatic rings. The fourth-order valence-corrected chi connectivity index (χ4v) is 3.90. The van der Waals surface area contributed by atoms with E-state index in [9.17, 15) is 8.78 Å². The molecule has 1 saturated heterocycles. The molecule has 0 aliphatic carbocycles. The van der Waals surface area contributed by atoms with Crippen molar-refractivity contribution < 1.29 is 18.3 Å². The number of ether oxygens (including phenoxy) is 2. The third-order valence-electron chi connectivity index (χ3n) is 5.60. The molecule has 1 aliphatic heterocycles. The maximum absolute atomic E-state index is 14.8. The van der Waals surface area contributed by atoms with E-state index >= 15 is 0 Å². The van der Waals surface area contributed by atoms with Gasteiger partial charge in [0, 0.05) is 18.7 Å². The molecule has 5 rings (SSSR count). The first-order chi connectivity index (χ1) is 16.0. The highest BCUT2D eigenvalue weighted by atomic mass is 19.2. The number of rotatable bonds is 6. The molecule has 0 saturated carbocycles. The second kappa shape index (κ2) is 8.62. The molecule has 3 N–H and O–H groups in total. The van der Waals surface area contributed by atoms with Gasteiger partial charge in [0.05, 0.1) is 30.0 Å². The summed E-state index contributed by atoms with van der Waals surface area (Å²) < 4.78 is 41.1. The lowest BCUT2D eigenvalue weighted by molar-refractivity contribution is 0.120. The Balaban J connectivity index is 1.65. The molecule has 2 aromatic heterocycles. The van der Waals surface area contributed by atoms with Crippen LogP contribution in [-0.2, 0) is 4.74 Å². The predicted molar refractivity (Wildman–Crippen MR) is 120 cm³/mol. The van der Waals surface area contributed by atoms with E-state index in [1.165, 1.54) is 16.8 Å². The van der Waals surface area contributed by atoms with Crippen LogP contribution in [-0.4, -0.2) is 46.1 Å². The summed E-state index contributed by atoms with van der Waals surface area (Å²) >= 11 is 0. The van der Waals surface area contributed by atoms with E-state index in [2.05, 4.69) is 20.4 Å². The van der Waals surface area contributed by atoms with Gasteiger partial charge in [-0.1, -0.05) is 6.07 Å². The van der Waals surface area contributed by atoms with E-state index in [0.717, 1.165) is 25.5 Å². The molecule has 8 nitrogen and oxygen atoms in total. The minimum atomic E-state index is -1.01. The van der Waals surface area contributed by atoms with Crippen molar-refractivity contribution in [2.24, 2.45) is 0 Å². The van der Waals surface area contributed by atoms with Crippen LogP contribution in [0.2, 0.25) is 0 Å². The first-order valence-corrected chi connectivity index (χ1v) is 10.6. The molecule has 1 aliphatic rings. The zero-order valence-electron chi connectivity index (χ0n) is 17.9. The second-order valence-corrected chi connectivity index (χ2v) is 7.71. The smallest absolute Gasteiger partial charge is 0.225 e. The highest BCUT2D eigenvalue weighted by Crippen LogP contribution is 2.34. The van der Waals surface area contributed by atoms with Crippen LogP contribution < -0.4 is 15.8 Å². The lowest BCUT2D eigenvalue weighted by atomic mass is 10.1. The van der Waals surface area contributed by atoms with E-state index in [0.29, 0.717) is 23.4 Å². The van der Waals surface area contributed by atoms with Crippen LogP contribution in [0, 0.1) is 11.6 Å². The molecule has 1 unspecified atom stereocenters. The Labute approximate surface area is 188 Å². The molecule has 170 valence electrons. The molecular formula is C23H22F2N6O2. The minimum Gasteiger partial charge on any atom is -0.497 e. The number of halogens is 2. The number of aromatic nitrogens is 4. The molecule has 1 atom stereocenters. The van der Waals surface area contributed by atoms with E-state index < -0.39 is 11.6 Å². The number of anilines is 2. The summed E-state index contributed by atoms with van der Waals surface area (Å²) in [6.45, 7) is 1.21. The van der Waals surface area contributed by atoms with Crippen molar-refractivity contribution in [3.05, 3.63) is 54.1 Å². The summed E-state index contributed by atoms with van der Waals surface area (Å²) in [5, 5.41) is 8.00. The Morgan fingerprint density at radius 3 is 2.73 bits per heavy atom. The highest BCUT2D eigenvalue weighted by Gasteiger charge is 2.23. The normalized spacial score (nSPS) is 15.8. The van der Waals surface area contributed by atoms with Crippen LogP contribution in [0.1, 0.15) is 12.8 Å². The van der Waals surface area contributed by atoms with Crippen LogP contribution in [0.5, 0.6) is 5.75 Å². The number of nitrogens with one attached hydrogen (secondary N) is 1. The number of nitrogens with two attached hydrogens (primary N) is 1. The summed E-state index contributed by atoms with van der Waals surface area (Å²) in [7, 11) is 1.58. The largest absolute Gasteiger partial charge is 0.497 e. The van der Waals surface area contributed by atoms with Crippen molar-refractivity contribution in [3.8, 4) is 22.7 Å². The summed E-state index contributed by atoms with van der Waals surface area (Å²) in [6.07, 6.45) is 1.97. The van der Waals surface area contributed by atoms with Crippen molar-refractivity contribution in [2.75, 3.05) is 31.3 Å². The van der Waals surface area contributed by atoms with E-state index in [1.54, 1.807) is 31.4 Å². The maximum atomic E-state index is 14.8. The van der Waals surface area contributed by atoms with Gasteiger partial charge in [0.15, 0.2) is 17.3 Å². The molecule has 1 fully saturated rings. The fourth-order valence-electron chi connectivity index (χ4n) is 3.90. The summed E-state index contributed by atoms with van der Waals surface area (Å²) in [5.74, 6) is -0.874. The fraction of sp³-hybridized carbons (Fsp3) is 0.261. The van der Waals surface area contributed by atoms with Crippen LogP contribution in [0.4, 0.5) is 20.5 Å². The number of hydrogen-bond acceptors (Lipinski definition) is 7. The van der Waals surface area contributed by atoms with Crippen molar-refractivity contribution in [1.29, 1.82) is 0 Å². The van der Waals surface area contributed by atoms with E-state index in [4.69, 9.17) is 15.2 Å². The van der Waals surface area contributed by atoms with Gasteiger partial charge in [-0.15, -0.1) is 5.10 Å². The zero-order valence-corrected chi connectivity index (χ0v) is 17.9. The van der Waals surface area contributed by atoms with Crippen LogP contribution >= 0.6 is 0 Å². The summed E-state index contributed by atoms with van der Waals surface area (Å²) in [6, 6.07) is 11.0. The van der Waals surface area contributed by atoms with Gasteiger partial charge in [0.2, 0.25) is 5.95 Å². The Morgan fingerprint density at radius 1 is 1.18 bits per heavy atom. The van der Waals surface area contributed by atoms with Crippen molar-refractivity contribution in [3.63, 3.8) is 0 Å². The molecule has 0 bridgehead atoms. The predicted octanol–water partition coefficient (Wildman–Crippen LogP) is 3.94. The zero-order chi connectivity index (χ0) is 22.9. The van der Waals surface area contributed by atoms with Gasteiger partial charge in [0.25, 0.3) is 0 Å². The van der Waals surface area contributed by atoms with Crippen molar-refractivity contribution >= 4 is 22.8 Å². The molecule has 33 heavy (non-hydrogen) atoms. The molecule has 0 radical (unpaired) electrons. The Kier molecular flexibility index (Phi) is 5.51. The summed E-state index contributed by atoms with van der Waals surface area (Å²) in [5.41, 5.74) is 7.47. The third kappa shape index (κ3) is 3.93. The first kappa shape index (κ1) is 21.1. The second-order valence-electron chi connectivity index (χ2n) is 7.71. The quantitative estimate of drug-likeness (QED) is 0.457. The lowest BCUT2D eigenvalue weighted by Crippen LogP contribution is -2.19. The van der Waals surface area contributed by atoms with Gasteiger partial charge in [-0.05, 0) is 49.2 Å². The standard InChI is InChI=1S/C23H22F2N6O2/c1-32-14-9-7-13(8-10-14)31-21(26)18-20(16-5-2-6-17(24)19(16)25)28-23(29-22(18)30-31)27-12-15-4-3-11-33-15/h2,5-10,15H,3-4,11-12,26H2,1H3,(H,27,29,30). The number of hydrogen-bond donors (Lipinski definition) is 2. The van der Waals surface area contributed by atoms with Crippen LogP contribution in [0.25, 0.3) is 28.0 Å². The van der Waals surface area contributed by atoms with E-state index in [1.807, 2.05) is 0 Å². The highest BCUT2D eigenvalue weighted by molar-refractivity contribution is 5.99. The molecule has 2 aromatic carbocycles. The van der Waals surface area contributed by atoms with E-state index in [-0.39, 0.29) is 34.8 Å². The molecule has 0 spiro atoms. The van der Waals surface area contributed by atoms with Crippen molar-refractivity contribution in [1.82, 2.24) is 19.7 Å². The summed E-state index contributed by atoms with van der Waals surface area (Å²) in [4.78, 5) is 8.98. The van der Waals surface area contributed by atoms with Crippen LogP contribution in [0.15, 0.2) is 42.5 Å². The van der Waals surface area contributed by atoms with Gasteiger partial charge in [-0.25, -0.2) is 18.4 Å². The minimum absolute atomic E-state index is 0.0245. The van der Waals surface area contributed by atoms with Gasteiger partial charge < -0.3 is 20.5 Å². The number of nitrogens with zero attached hydrogens (tertiary/aromatic N) is 4. The Morgan fingerprint density at radius 2 is 2.00 bits per heavy atom. The monoisotopic (exact) mass is 452 g/mol. The van der Waals surface area contributed by atoms with Gasteiger partial charge >= 0.3 is 0 Å². The SMILES string of the molecule is COc1ccc(-n2nc3nc(NCC4CCCO4)nc(-c4cccc(F)c4F)c3c2N)cc1. The van der Waals surface area contributed by atoms with Gasteiger partial charge in [-0.2, -0.15) is 4.98 Å². The first-order valence-electron chi connectivity index (χ1n) is 10.6. The van der Waals surface area contributed by atoms with Gasteiger partial charge in [0.1, 0.15) is 11.6 Å². The topological polar surface area (TPSA) is 100 Å². The molecule has 0 amide bonds. The average molecular weight is 452 g/mol. The molecule has 10 heteroatoms. The number of methoxy groups -OCH3 is 1. The van der Waals surface area contributed by atoms with Crippen molar-refractivity contribution in [2.45, 2.75) is 18.9 Å². The Bertz CT molecular complexity index is 1300. The number of nitrogen functional groups attached to an aromatic ring is 1. The van der Waals surface area contributed by atoms with Crippen LogP contribution in [0.3, 0.4) is 0 Å².